The van der Waals surface area contributed by atoms with Gasteiger partial charge in [0.15, 0.2) is 0 Å². The molecule has 0 aromatic heterocycles. The molecule has 3 aliphatic rings. The Morgan fingerprint density at radius 3 is 2.29 bits per heavy atom. The number of carbonyl (C=O) groups is 1. The molecule has 0 aromatic rings. The maximum Gasteiger partial charge on any atom is 0.315 e. The van der Waals surface area contributed by atoms with Crippen molar-refractivity contribution >= 4 is 6.03 Å². The van der Waals surface area contributed by atoms with E-state index in [-0.39, 0.29) is 6.03 Å². The molecule has 0 aromatic carbocycles. The number of rotatable bonds is 3. The van der Waals surface area contributed by atoms with Crippen molar-refractivity contribution in [2.75, 3.05) is 6.54 Å². The van der Waals surface area contributed by atoms with Crippen molar-refractivity contribution in [1.29, 1.82) is 0 Å². The van der Waals surface area contributed by atoms with E-state index in [2.05, 4.69) is 24.5 Å². The van der Waals surface area contributed by atoms with E-state index in [0.29, 0.717) is 17.4 Å². The van der Waals surface area contributed by atoms with Crippen molar-refractivity contribution in [1.82, 2.24) is 10.6 Å². The molecule has 0 radical (unpaired) electrons. The molecule has 2 N–H and O–H groups in total. The van der Waals surface area contributed by atoms with Crippen molar-refractivity contribution in [2.45, 2.75) is 77.7 Å². The van der Waals surface area contributed by atoms with Crippen LogP contribution in [0.4, 0.5) is 4.79 Å². The number of urea groups is 1. The molecule has 0 bridgehead atoms. The Kier molecular flexibility index (Phi) is 4.46. The van der Waals surface area contributed by atoms with Crippen molar-refractivity contribution < 1.29 is 4.79 Å². The van der Waals surface area contributed by atoms with E-state index in [4.69, 9.17) is 0 Å². The van der Waals surface area contributed by atoms with Crippen molar-refractivity contribution in [3.05, 3.63) is 0 Å². The van der Waals surface area contributed by atoms with Gasteiger partial charge in [0, 0.05) is 12.6 Å². The summed E-state index contributed by atoms with van der Waals surface area (Å²) >= 11 is 0. The standard InChI is InChI=1S/C18H32N2O/c1-18(2)8-6-13(7-9-18)12-19-17(21)20-16-10-14-4-3-5-15(14)11-16/h13-16H,3-12H2,1-2H3,(H2,19,20,21). The van der Waals surface area contributed by atoms with Crippen LogP contribution in [-0.4, -0.2) is 18.6 Å². The first-order valence-electron chi connectivity index (χ1n) is 9.06. The van der Waals surface area contributed by atoms with Gasteiger partial charge in [0.05, 0.1) is 0 Å². The monoisotopic (exact) mass is 292 g/mol. The average Bonchev–Trinajstić information content (AvgIpc) is 2.98. The number of fused-ring (bicyclic) bond motifs is 1. The molecular formula is C18H32N2O. The molecule has 0 aliphatic heterocycles. The average molecular weight is 292 g/mol. The zero-order chi connectivity index (χ0) is 14.9. The molecule has 3 rings (SSSR count). The summed E-state index contributed by atoms with van der Waals surface area (Å²) in [5.74, 6) is 2.48. The molecule has 120 valence electrons. The number of carbonyl (C=O) groups excluding carboxylic acids is 1. The van der Waals surface area contributed by atoms with Crippen molar-refractivity contribution in [3.8, 4) is 0 Å². The second kappa shape index (κ2) is 6.18. The Morgan fingerprint density at radius 2 is 1.67 bits per heavy atom. The molecule has 3 heteroatoms. The minimum Gasteiger partial charge on any atom is -0.338 e. The van der Waals surface area contributed by atoms with Gasteiger partial charge in [-0.15, -0.1) is 0 Å². The van der Waals surface area contributed by atoms with Gasteiger partial charge >= 0.3 is 6.03 Å². The van der Waals surface area contributed by atoms with Gasteiger partial charge in [-0.3, -0.25) is 0 Å². The third-order valence-corrected chi connectivity index (χ3v) is 6.34. The largest absolute Gasteiger partial charge is 0.338 e. The Bertz CT molecular complexity index is 357. The summed E-state index contributed by atoms with van der Waals surface area (Å²) in [7, 11) is 0. The maximum absolute atomic E-state index is 12.1. The first kappa shape index (κ1) is 15.2. The minimum atomic E-state index is 0.0739. The summed E-state index contributed by atoms with van der Waals surface area (Å²) in [6.07, 6.45) is 11.8. The van der Waals surface area contributed by atoms with E-state index >= 15 is 0 Å². The zero-order valence-corrected chi connectivity index (χ0v) is 13.8. The lowest BCUT2D eigenvalue weighted by molar-refractivity contribution is 0.187. The summed E-state index contributed by atoms with van der Waals surface area (Å²) in [5, 5.41) is 6.34. The Morgan fingerprint density at radius 1 is 1.05 bits per heavy atom. The van der Waals surface area contributed by atoms with E-state index in [1.807, 2.05) is 0 Å². The Labute approximate surface area is 129 Å². The van der Waals surface area contributed by atoms with Gasteiger partial charge in [-0.05, 0) is 61.7 Å². The molecule has 2 amide bonds. The molecule has 3 nitrogen and oxygen atoms in total. The van der Waals surface area contributed by atoms with Crippen LogP contribution in [0.15, 0.2) is 0 Å². The van der Waals surface area contributed by atoms with Crippen LogP contribution in [-0.2, 0) is 0 Å². The lowest BCUT2D eigenvalue weighted by Gasteiger charge is -2.34. The maximum atomic E-state index is 12.1. The van der Waals surface area contributed by atoms with Gasteiger partial charge in [-0.1, -0.05) is 33.1 Å². The van der Waals surface area contributed by atoms with Gasteiger partial charge < -0.3 is 10.6 Å². The van der Waals surface area contributed by atoms with Gasteiger partial charge in [-0.2, -0.15) is 0 Å². The van der Waals surface area contributed by atoms with Crippen LogP contribution < -0.4 is 10.6 Å². The van der Waals surface area contributed by atoms with Gasteiger partial charge in [0.2, 0.25) is 0 Å². The summed E-state index contributed by atoms with van der Waals surface area (Å²) in [6, 6.07) is 0.510. The first-order chi connectivity index (χ1) is 10.0. The van der Waals surface area contributed by atoms with Crippen molar-refractivity contribution in [3.63, 3.8) is 0 Å². The SMILES string of the molecule is CC1(C)CCC(CNC(=O)NC2CC3CCCC3C2)CC1. The van der Waals surface area contributed by atoms with Gasteiger partial charge in [-0.25, -0.2) is 4.79 Å². The molecule has 21 heavy (non-hydrogen) atoms. The molecule has 0 saturated heterocycles. The van der Waals surface area contributed by atoms with Crippen LogP contribution in [0.2, 0.25) is 0 Å². The lowest BCUT2D eigenvalue weighted by atomic mass is 9.73. The third-order valence-electron chi connectivity index (χ3n) is 6.34. The molecule has 2 unspecified atom stereocenters. The van der Waals surface area contributed by atoms with Crippen LogP contribution in [0.1, 0.15) is 71.6 Å². The molecular weight excluding hydrogens is 260 g/mol. The summed E-state index contributed by atoms with van der Waals surface area (Å²) in [5.41, 5.74) is 0.514. The molecule has 3 saturated carbocycles. The van der Waals surface area contributed by atoms with Crippen LogP contribution in [0, 0.1) is 23.2 Å². The van der Waals surface area contributed by atoms with E-state index < -0.39 is 0 Å². The highest BCUT2D eigenvalue weighted by atomic mass is 16.2. The predicted molar refractivity (Wildman–Crippen MR) is 86.1 cm³/mol. The quantitative estimate of drug-likeness (QED) is 0.808. The summed E-state index contributed by atoms with van der Waals surface area (Å²) in [4.78, 5) is 12.1. The van der Waals surface area contributed by atoms with Crippen LogP contribution >= 0.6 is 0 Å². The fraction of sp³-hybridized carbons (Fsp3) is 0.944. The van der Waals surface area contributed by atoms with Crippen LogP contribution in [0.25, 0.3) is 0 Å². The fourth-order valence-corrected chi connectivity index (χ4v) is 4.82. The fourth-order valence-electron chi connectivity index (χ4n) is 4.82. The van der Waals surface area contributed by atoms with E-state index in [0.717, 1.165) is 18.4 Å². The molecule has 0 spiro atoms. The molecule has 0 heterocycles. The second-order valence-electron chi connectivity index (χ2n) is 8.58. The zero-order valence-electron chi connectivity index (χ0n) is 13.8. The van der Waals surface area contributed by atoms with E-state index in [9.17, 15) is 4.79 Å². The third kappa shape index (κ3) is 3.92. The normalized spacial score (nSPS) is 35.4. The smallest absolute Gasteiger partial charge is 0.315 e. The highest BCUT2D eigenvalue weighted by molar-refractivity contribution is 5.74. The number of nitrogens with one attached hydrogen (secondary N) is 2. The highest BCUT2D eigenvalue weighted by Crippen LogP contribution is 2.43. The molecule has 2 atom stereocenters. The molecule has 3 aliphatic carbocycles. The topological polar surface area (TPSA) is 41.1 Å². The van der Waals surface area contributed by atoms with Crippen molar-refractivity contribution in [2.24, 2.45) is 23.2 Å². The van der Waals surface area contributed by atoms with Crippen LogP contribution in [0.3, 0.4) is 0 Å². The van der Waals surface area contributed by atoms with Crippen LogP contribution in [0.5, 0.6) is 0 Å². The minimum absolute atomic E-state index is 0.0739. The Hall–Kier alpha value is -0.730. The van der Waals surface area contributed by atoms with Gasteiger partial charge in [0.25, 0.3) is 0 Å². The second-order valence-corrected chi connectivity index (χ2v) is 8.58. The highest BCUT2D eigenvalue weighted by Gasteiger charge is 2.37. The number of amides is 2. The molecule has 3 fully saturated rings. The predicted octanol–water partition coefficient (Wildman–Crippen LogP) is 4.08. The van der Waals surface area contributed by atoms with E-state index in [1.54, 1.807) is 0 Å². The van der Waals surface area contributed by atoms with Gasteiger partial charge in [0.1, 0.15) is 0 Å². The van der Waals surface area contributed by atoms with E-state index in [1.165, 1.54) is 57.8 Å². The number of hydrogen-bond donors (Lipinski definition) is 2. The first-order valence-corrected chi connectivity index (χ1v) is 9.06. The summed E-state index contributed by atoms with van der Waals surface area (Å²) in [6.45, 7) is 5.59. The Balaban J connectivity index is 1.34. The lowest BCUT2D eigenvalue weighted by Crippen LogP contribution is -2.43. The number of hydrogen-bond acceptors (Lipinski definition) is 1. The summed E-state index contributed by atoms with van der Waals surface area (Å²) < 4.78 is 0.